The van der Waals surface area contributed by atoms with Gasteiger partial charge in [0.05, 0.1) is 0 Å². The molecule has 0 spiro atoms. The molecule has 2 nitrogen and oxygen atoms in total. The Morgan fingerprint density at radius 3 is 2.80 bits per heavy atom. The summed E-state index contributed by atoms with van der Waals surface area (Å²) in [5.41, 5.74) is 11.0. The van der Waals surface area contributed by atoms with Crippen LogP contribution in [-0.2, 0) is 6.42 Å². The van der Waals surface area contributed by atoms with Gasteiger partial charge >= 0.3 is 0 Å². The maximum Gasteiger partial charge on any atom is 0.123 e. The molecule has 0 aliphatic heterocycles. The van der Waals surface area contributed by atoms with Gasteiger partial charge in [-0.2, -0.15) is 0 Å². The molecular formula is C13H11NO. The third-order valence-corrected chi connectivity index (χ3v) is 2.91. The molecule has 2 aromatic carbocycles. The van der Waals surface area contributed by atoms with Crippen LogP contribution >= 0.6 is 0 Å². The van der Waals surface area contributed by atoms with Gasteiger partial charge < -0.3 is 10.8 Å². The number of hydrogen-bond acceptors (Lipinski definition) is 2. The summed E-state index contributed by atoms with van der Waals surface area (Å²) >= 11 is 0. The average molecular weight is 197 g/mol. The normalized spacial score (nSPS) is 12.3. The van der Waals surface area contributed by atoms with Crippen molar-refractivity contribution in [1.29, 1.82) is 0 Å². The van der Waals surface area contributed by atoms with Crippen LogP contribution in [0.3, 0.4) is 0 Å². The monoisotopic (exact) mass is 197 g/mol. The van der Waals surface area contributed by atoms with Crippen molar-refractivity contribution in [2.45, 2.75) is 6.42 Å². The highest BCUT2D eigenvalue weighted by Gasteiger charge is 2.20. The van der Waals surface area contributed by atoms with Crippen molar-refractivity contribution in [2.75, 3.05) is 5.73 Å². The average Bonchev–Trinajstić information content (AvgIpc) is 2.56. The van der Waals surface area contributed by atoms with E-state index in [1.165, 1.54) is 11.1 Å². The molecule has 0 aromatic heterocycles. The van der Waals surface area contributed by atoms with Crippen LogP contribution in [0.1, 0.15) is 11.1 Å². The molecule has 0 unspecified atom stereocenters. The van der Waals surface area contributed by atoms with Crippen molar-refractivity contribution in [1.82, 2.24) is 0 Å². The lowest BCUT2D eigenvalue weighted by Crippen LogP contribution is -1.86. The molecule has 2 aromatic rings. The molecule has 0 amide bonds. The van der Waals surface area contributed by atoms with Crippen LogP contribution in [0.2, 0.25) is 0 Å². The highest BCUT2D eigenvalue weighted by atomic mass is 16.3. The highest BCUT2D eigenvalue weighted by Crippen LogP contribution is 2.42. The quantitative estimate of drug-likeness (QED) is 0.544. The van der Waals surface area contributed by atoms with Crippen LogP contribution in [0.4, 0.5) is 5.69 Å². The van der Waals surface area contributed by atoms with E-state index in [9.17, 15) is 5.11 Å². The molecule has 2 heteroatoms. The fourth-order valence-electron chi connectivity index (χ4n) is 2.25. The molecule has 15 heavy (non-hydrogen) atoms. The van der Waals surface area contributed by atoms with E-state index in [1.54, 1.807) is 6.07 Å². The minimum absolute atomic E-state index is 0.357. The summed E-state index contributed by atoms with van der Waals surface area (Å²) in [6.45, 7) is 0. The maximum absolute atomic E-state index is 9.82. The molecule has 74 valence electrons. The van der Waals surface area contributed by atoms with Crippen LogP contribution in [0.15, 0.2) is 36.4 Å². The highest BCUT2D eigenvalue weighted by molar-refractivity contribution is 5.82. The van der Waals surface area contributed by atoms with E-state index in [-0.39, 0.29) is 0 Å². The summed E-state index contributed by atoms with van der Waals surface area (Å²) in [6.07, 6.45) is 0.865. The van der Waals surface area contributed by atoms with E-state index in [0.717, 1.165) is 23.2 Å². The minimum atomic E-state index is 0.357. The number of rotatable bonds is 0. The second-order valence-electron chi connectivity index (χ2n) is 3.90. The second kappa shape index (κ2) is 2.76. The Labute approximate surface area is 88.0 Å². The molecule has 1 aliphatic carbocycles. The van der Waals surface area contributed by atoms with Gasteiger partial charge in [0.1, 0.15) is 5.75 Å². The lowest BCUT2D eigenvalue weighted by molar-refractivity contribution is 0.477. The summed E-state index contributed by atoms with van der Waals surface area (Å²) in [7, 11) is 0. The number of nitrogen functional groups attached to an aromatic ring is 1. The van der Waals surface area contributed by atoms with E-state index in [2.05, 4.69) is 0 Å². The molecule has 3 rings (SSSR count). The van der Waals surface area contributed by atoms with Crippen LogP contribution < -0.4 is 5.73 Å². The van der Waals surface area contributed by atoms with Gasteiger partial charge in [-0.25, -0.2) is 0 Å². The van der Waals surface area contributed by atoms with Gasteiger partial charge in [-0.1, -0.05) is 18.2 Å². The zero-order valence-corrected chi connectivity index (χ0v) is 8.20. The maximum atomic E-state index is 9.82. The van der Waals surface area contributed by atoms with E-state index in [1.807, 2.05) is 30.3 Å². The first-order valence-corrected chi connectivity index (χ1v) is 4.95. The Hall–Kier alpha value is -1.96. The van der Waals surface area contributed by atoms with Gasteiger partial charge in [-0.15, -0.1) is 0 Å². The summed E-state index contributed by atoms with van der Waals surface area (Å²) in [5, 5.41) is 9.82. The second-order valence-corrected chi connectivity index (χ2v) is 3.90. The number of nitrogens with two attached hydrogens (primary N) is 1. The Morgan fingerprint density at radius 2 is 1.93 bits per heavy atom. The third kappa shape index (κ3) is 1.11. The number of anilines is 1. The molecule has 0 saturated carbocycles. The molecule has 1 aliphatic rings. The predicted molar refractivity (Wildman–Crippen MR) is 60.8 cm³/mol. The van der Waals surface area contributed by atoms with Crippen LogP contribution in [-0.4, -0.2) is 5.11 Å². The van der Waals surface area contributed by atoms with Gasteiger partial charge in [0.25, 0.3) is 0 Å². The molecule has 0 heterocycles. The smallest absolute Gasteiger partial charge is 0.123 e. The lowest BCUT2D eigenvalue weighted by atomic mass is 10.0. The Kier molecular flexibility index (Phi) is 1.54. The van der Waals surface area contributed by atoms with Crippen molar-refractivity contribution in [3.05, 3.63) is 47.5 Å². The van der Waals surface area contributed by atoms with Crippen LogP contribution in [0.5, 0.6) is 5.75 Å². The molecule has 0 atom stereocenters. The molecule has 0 bridgehead atoms. The van der Waals surface area contributed by atoms with E-state index in [0.29, 0.717) is 5.75 Å². The minimum Gasteiger partial charge on any atom is -0.507 e. The number of hydrogen-bond donors (Lipinski definition) is 2. The van der Waals surface area contributed by atoms with Gasteiger partial charge in [0.2, 0.25) is 0 Å². The first kappa shape index (κ1) is 8.36. The number of aromatic hydroxyl groups is 1. The fraction of sp³-hybridized carbons (Fsp3) is 0.0769. The number of phenols is 1. The van der Waals surface area contributed by atoms with Gasteiger partial charge in [0.15, 0.2) is 0 Å². The number of fused-ring (bicyclic) bond motifs is 3. The topological polar surface area (TPSA) is 46.2 Å². The number of benzene rings is 2. The Balaban J connectivity index is 2.31. The number of phenolic OH excluding ortho intramolecular Hbond substituents is 1. The predicted octanol–water partition coefficient (Wildman–Crippen LogP) is 2.55. The van der Waals surface area contributed by atoms with E-state index >= 15 is 0 Å². The lowest BCUT2D eigenvalue weighted by Gasteiger charge is -2.03. The van der Waals surface area contributed by atoms with Crippen molar-refractivity contribution >= 4 is 5.69 Å². The van der Waals surface area contributed by atoms with Crippen LogP contribution in [0.25, 0.3) is 11.1 Å². The largest absolute Gasteiger partial charge is 0.507 e. The van der Waals surface area contributed by atoms with Gasteiger partial charge in [-0.05, 0) is 41.3 Å². The molecule has 3 N–H and O–H groups in total. The first-order valence-electron chi connectivity index (χ1n) is 4.95. The van der Waals surface area contributed by atoms with Crippen molar-refractivity contribution in [2.24, 2.45) is 0 Å². The van der Waals surface area contributed by atoms with Crippen LogP contribution in [0, 0.1) is 0 Å². The van der Waals surface area contributed by atoms with Crippen molar-refractivity contribution < 1.29 is 5.11 Å². The molecule has 0 radical (unpaired) electrons. The molecule has 0 saturated heterocycles. The Morgan fingerprint density at radius 1 is 1.07 bits per heavy atom. The third-order valence-electron chi connectivity index (χ3n) is 2.91. The van der Waals surface area contributed by atoms with E-state index < -0.39 is 0 Å². The van der Waals surface area contributed by atoms with Crippen molar-refractivity contribution in [3.63, 3.8) is 0 Å². The summed E-state index contributed by atoms with van der Waals surface area (Å²) < 4.78 is 0. The summed E-state index contributed by atoms with van der Waals surface area (Å²) in [5.74, 6) is 0.357. The zero-order chi connectivity index (χ0) is 10.4. The SMILES string of the molecule is Nc1ccc2c(c1)Cc1cccc(O)c1-2. The van der Waals surface area contributed by atoms with Gasteiger partial charge in [0, 0.05) is 11.3 Å². The fourth-order valence-corrected chi connectivity index (χ4v) is 2.25. The van der Waals surface area contributed by atoms with E-state index in [4.69, 9.17) is 5.73 Å². The summed E-state index contributed by atoms with van der Waals surface area (Å²) in [6, 6.07) is 11.5. The van der Waals surface area contributed by atoms with Gasteiger partial charge in [-0.3, -0.25) is 0 Å². The Bertz CT molecular complexity index is 546. The molecular weight excluding hydrogens is 186 g/mol. The first-order chi connectivity index (χ1) is 7.25. The van der Waals surface area contributed by atoms with Crippen molar-refractivity contribution in [3.8, 4) is 16.9 Å². The zero-order valence-electron chi connectivity index (χ0n) is 8.20. The molecule has 0 fully saturated rings. The standard InChI is InChI=1S/C13H11NO/c14-10-4-5-11-9(7-10)6-8-2-1-3-12(15)13(8)11/h1-5,7,15H,6,14H2. The summed E-state index contributed by atoms with van der Waals surface area (Å²) in [4.78, 5) is 0.